The number of alkyl halides is 2. The van der Waals surface area contributed by atoms with Crippen LogP contribution < -0.4 is 0 Å². The van der Waals surface area contributed by atoms with E-state index >= 15 is 0 Å². The molecule has 0 aromatic carbocycles. The largest absolute Gasteiger partial charge is 0.338 e. The highest BCUT2D eigenvalue weighted by Gasteiger charge is 2.36. The Labute approximate surface area is 111 Å². The van der Waals surface area contributed by atoms with Crippen molar-refractivity contribution in [3.05, 3.63) is 11.6 Å². The zero-order valence-corrected chi connectivity index (χ0v) is 11.1. The Kier molecular flexibility index (Phi) is 4.02. The summed E-state index contributed by atoms with van der Waals surface area (Å²) in [6.45, 7) is 1.82. The second kappa shape index (κ2) is 5.39. The number of amides is 1. The molecule has 2 rings (SSSR count). The summed E-state index contributed by atoms with van der Waals surface area (Å²) in [5.41, 5.74) is 0.683. The van der Waals surface area contributed by atoms with Crippen LogP contribution in [0.3, 0.4) is 0 Å². The second-order valence-corrected chi connectivity index (χ2v) is 5.46. The summed E-state index contributed by atoms with van der Waals surface area (Å²) in [4.78, 5) is 24.9. The van der Waals surface area contributed by atoms with Gasteiger partial charge in [-0.05, 0) is 26.2 Å². The topological polar surface area (TPSA) is 37.4 Å². The van der Waals surface area contributed by atoms with Crippen molar-refractivity contribution in [1.82, 2.24) is 4.90 Å². The van der Waals surface area contributed by atoms with Gasteiger partial charge < -0.3 is 4.90 Å². The molecule has 19 heavy (non-hydrogen) atoms. The van der Waals surface area contributed by atoms with E-state index in [0.29, 0.717) is 24.8 Å². The van der Waals surface area contributed by atoms with E-state index in [1.54, 1.807) is 6.92 Å². The van der Waals surface area contributed by atoms with E-state index in [2.05, 4.69) is 0 Å². The molecule has 0 aromatic heterocycles. The van der Waals surface area contributed by atoms with Crippen LogP contribution in [0.5, 0.6) is 0 Å². The Morgan fingerprint density at radius 1 is 1.32 bits per heavy atom. The summed E-state index contributed by atoms with van der Waals surface area (Å²) in [5.74, 6) is -2.59. The first-order chi connectivity index (χ1) is 8.89. The standard InChI is InChI=1S/C14H19F2NO2/c1-10(18)11-2-4-12(5-3-11)13(19)17-8-6-14(15,16)7-9-17/h4,11H,2-3,5-9H2,1H3/t11-/m1/s1. The second-order valence-electron chi connectivity index (χ2n) is 5.46. The minimum atomic E-state index is -2.63. The number of carbonyl (C=O) groups excluding carboxylic acids is 2. The number of ketones is 1. The van der Waals surface area contributed by atoms with Gasteiger partial charge in [-0.2, -0.15) is 0 Å². The van der Waals surface area contributed by atoms with E-state index in [4.69, 9.17) is 0 Å². The number of piperidine rings is 1. The molecule has 1 aliphatic heterocycles. The molecular weight excluding hydrogens is 252 g/mol. The Morgan fingerprint density at radius 2 is 1.95 bits per heavy atom. The lowest BCUT2D eigenvalue weighted by Crippen LogP contribution is -2.43. The van der Waals surface area contributed by atoms with Crippen LogP contribution >= 0.6 is 0 Å². The highest BCUT2D eigenvalue weighted by atomic mass is 19.3. The molecule has 0 spiro atoms. The van der Waals surface area contributed by atoms with Crippen LogP contribution in [-0.4, -0.2) is 35.6 Å². The quantitative estimate of drug-likeness (QED) is 0.774. The van der Waals surface area contributed by atoms with Gasteiger partial charge in [-0.15, -0.1) is 0 Å². The number of likely N-dealkylation sites (tertiary alicyclic amines) is 1. The number of hydrogen-bond acceptors (Lipinski definition) is 2. The molecule has 0 radical (unpaired) electrons. The number of hydrogen-bond donors (Lipinski definition) is 0. The van der Waals surface area contributed by atoms with Crippen LogP contribution in [0.15, 0.2) is 11.6 Å². The fourth-order valence-electron chi connectivity index (χ4n) is 2.64. The third kappa shape index (κ3) is 3.39. The molecule has 0 saturated carbocycles. The first-order valence-electron chi connectivity index (χ1n) is 6.76. The molecule has 0 N–H and O–H groups in total. The monoisotopic (exact) mass is 271 g/mol. The van der Waals surface area contributed by atoms with Crippen LogP contribution in [0.2, 0.25) is 0 Å². The maximum atomic E-state index is 13.0. The van der Waals surface area contributed by atoms with E-state index in [9.17, 15) is 18.4 Å². The third-order valence-electron chi connectivity index (χ3n) is 4.04. The van der Waals surface area contributed by atoms with Crippen molar-refractivity contribution in [2.45, 2.75) is 45.0 Å². The molecule has 1 aliphatic carbocycles. The molecule has 3 nitrogen and oxygen atoms in total. The minimum absolute atomic E-state index is 0.0160. The van der Waals surface area contributed by atoms with Crippen molar-refractivity contribution >= 4 is 11.7 Å². The van der Waals surface area contributed by atoms with Crippen molar-refractivity contribution < 1.29 is 18.4 Å². The van der Waals surface area contributed by atoms with Crippen molar-refractivity contribution in [2.24, 2.45) is 5.92 Å². The molecular formula is C14H19F2NO2. The van der Waals surface area contributed by atoms with E-state index < -0.39 is 5.92 Å². The Hall–Kier alpha value is -1.26. The lowest BCUT2D eigenvalue weighted by molar-refractivity contribution is -0.133. The van der Waals surface area contributed by atoms with Gasteiger partial charge in [0, 0.05) is 37.4 Å². The van der Waals surface area contributed by atoms with Gasteiger partial charge >= 0.3 is 0 Å². The lowest BCUT2D eigenvalue weighted by atomic mass is 9.86. The molecule has 1 amide bonds. The van der Waals surface area contributed by atoms with Gasteiger partial charge in [-0.1, -0.05) is 6.08 Å². The van der Waals surface area contributed by atoms with E-state index in [1.807, 2.05) is 6.08 Å². The first kappa shape index (κ1) is 14.2. The van der Waals surface area contributed by atoms with Crippen LogP contribution in [0.25, 0.3) is 0 Å². The lowest BCUT2D eigenvalue weighted by Gasteiger charge is -2.33. The number of nitrogens with zero attached hydrogens (tertiary/aromatic N) is 1. The molecule has 0 unspecified atom stereocenters. The molecule has 2 aliphatic rings. The molecule has 5 heteroatoms. The fraction of sp³-hybridized carbons (Fsp3) is 0.714. The predicted molar refractivity (Wildman–Crippen MR) is 66.9 cm³/mol. The number of halogens is 2. The zero-order chi connectivity index (χ0) is 14.0. The first-order valence-corrected chi connectivity index (χ1v) is 6.76. The van der Waals surface area contributed by atoms with E-state index in [0.717, 1.165) is 0 Å². The van der Waals surface area contributed by atoms with Crippen LogP contribution in [0.4, 0.5) is 8.78 Å². The highest BCUT2D eigenvalue weighted by molar-refractivity contribution is 5.94. The molecule has 1 fully saturated rings. The number of rotatable bonds is 2. The number of carbonyl (C=O) groups is 2. The Morgan fingerprint density at radius 3 is 2.42 bits per heavy atom. The van der Waals surface area contributed by atoms with Crippen LogP contribution in [0.1, 0.15) is 39.0 Å². The summed E-state index contributed by atoms with van der Waals surface area (Å²) in [6, 6.07) is 0. The number of allylic oxidation sites excluding steroid dienone is 1. The number of Topliss-reactive ketones (excluding diaryl/α,β-unsaturated/α-hetero) is 1. The smallest absolute Gasteiger partial charge is 0.251 e. The summed E-state index contributed by atoms with van der Waals surface area (Å²) in [6.07, 6.45) is 3.18. The molecule has 1 heterocycles. The molecule has 1 atom stereocenters. The SMILES string of the molecule is CC(=O)[C@@H]1CC=C(C(=O)N2CCC(F)(F)CC2)CC1. The Balaban J connectivity index is 1.93. The fourth-order valence-corrected chi connectivity index (χ4v) is 2.64. The van der Waals surface area contributed by atoms with Gasteiger partial charge in [-0.25, -0.2) is 8.78 Å². The van der Waals surface area contributed by atoms with Gasteiger partial charge in [-0.3, -0.25) is 9.59 Å². The summed E-state index contributed by atoms with van der Waals surface area (Å²) in [7, 11) is 0. The predicted octanol–water partition coefficient (Wildman–Crippen LogP) is 2.56. The maximum Gasteiger partial charge on any atom is 0.251 e. The average Bonchev–Trinajstić information content (AvgIpc) is 2.38. The van der Waals surface area contributed by atoms with Crippen LogP contribution in [-0.2, 0) is 9.59 Å². The Bertz CT molecular complexity index is 408. The van der Waals surface area contributed by atoms with Gasteiger partial charge in [0.2, 0.25) is 5.91 Å². The van der Waals surface area contributed by atoms with Gasteiger partial charge in [0.1, 0.15) is 5.78 Å². The van der Waals surface area contributed by atoms with Gasteiger partial charge in [0.15, 0.2) is 0 Å². The van der Waals surface area contributed by atoms with Gasteiger partial charge in [0.05, 0.1) is 0 Å². The maximum absolute atomic E-state index is 13.0. The average molecular weight is 271 g/mol. The molecule has 0 aromatic rings. The third-order valence-corrected chi connectivity index (χ3v) is 4.04. The van der Waals surface area contributed by atoms with Crippen molar-refractivity contribution in [2.75, 3.05) is 13.1 Å². The summed E-state index contributed by atoms with van der Waals surface area (Å²) >= 11 is 0. The van der Waals surface area contributed by atoms with E-state index in [-0.39, 0.29) is 43.5 Å². The summed E-state index contributed by atoms with van der Waals surface area (Å²) in [5, 5.41) is 0. The molecule has 106 valence electrons. The highest BCUT2D eigenvalue weighted by Crippen LogP contribution is 2.30. The molecule has 0 bridgehead atoms. The minimum Gasteiger partial charge on any atom is -0.338 e. The van der Waals surface area contributed by atoms with Crippen molar-refractivity contribution in [3.8, 4) is 0 Å². The van der Waals surface area contributed by atoms with Gasteiger partial charge in [0.25, 0.3) is 5.92 Å². The van der Waals surface area contributed by atoms with Crippen molar-refractivity contribution in [1.29, 1.82) is 0 Å². The summed E-state index contributed by atoms with van der Waals surface area (Å²) < 4.78 is 26.1. The normalized spacial score (nSPS) is 26.8. The zero-order valence-electron chi connectivity index (χ0n) is 11.1. The van der Waals surface area contributed by atoms with Crippen molar-refractivity contribution in [3.63, 3.8) is 0 Å². The van der Waals surface area contributed by atoms with E-state index in [1.165, 1.54) is 4.90 Å². The van der Waals surface area contributed by atoms with Crippen LogP contribution in [0, 0.1) is 5.92 Å². The molecule has 1 saturated heterocycles.